The van der Waals surface area contributed by atoms with Crippen LogP contribution in [0.4, 0.5) is 0 Å². The zero-order valence-corrected chi connectivity index (χ0v) is 6.49. The predicted octanol–water partition coefficient (Wildman–Crippen LogP) is -0.946. The van der Waals surface area contributed by atoms with E-state index in [0.29, 0.717) is 0 Å². The second kappa shape index (κ2) is 25.0. The molecule has 4 heteroatoms. The number of hydrogen-bond acceptors (Lipinski definition) is 1. The quantitative estimate of drug-likeness (QED) is 0.531. The van der Waals surface area contributed by atoms with Gasteiger partial charge in [-0.1, -0.05) is 0 Å². The summed E-state index contributed by atoms with van der Waals surface area (Å²) in [6.45, 7) is 0. The Morgan fingerprint density at radius 3 is 1.25 bits per heavy atom. The summed E-state index contributed by atoms with van der Waals surface area (Å²) in [7, 11) is 0. The molecule has 0 amide bonds. The van der Waals surface area contributed by atoms with E-state index in [1.165, 1.54) is 0 Å². The molecule has 0 aromatic carbocycles. The van der Waals surface area contributed by atoms with Gasteiger partial charge < -0.3 is 5.48 Å². The Morgan fingerprint density at radius 1 is 1.25 bits per heavy atom. The molecule has 0 aromatic heterocycles. The molecule has 4 heavy (non-hydrogen) atoms. The van der Waals surface area contributed by atoms with Crippen molar-refractivity contribution < 1.29 is 57.8 Å². The fraction of sp³-hybridized carbons (Fsp3) is 0. The van der Waals surface area contributed by atoms with Gasteiger partial charge in [0.1, 0.15) is 0 Å². The third-order valence-corrected chi connectivity index (χ3v) is 0. The van der Waals surface area contributed by atoms with Crippen molar-refractivity contribution in [2.75, 3.05) is 0 Å². The summed E-state index contributed by atoms with van der Waals surface area (Å²) in [6.07, 6.45) is 0. The summed E-state index contributed by atoms with van der Waals surface area (Å²) >= 11 is -0.0833. The van der Waals surface area contributed by atoms with Gasteiger partial charge >= 0.3 is 35.5 Å². The van der Waals surface area contributed by atoms with Crippen LogP contribution < -0.4 is 0 Å². The average molecular weight is 232 g/mol. The molecule has 2 nitrogen and oxygen atoms in total. The second-order valence-electron chi connectivity index (χ2n) is 0. The Balaban J connectivity index is -0.00000000500. The molecule has 0 bridgehead atoms. The van der Waals surface area contributed by atoms with Crippen LogP contribution in [0, 0.1) is 33.8 Å². The summed E-state index contributed by atoms with van der Waals surface area (Å²) in [5.74, 6) is 0. The molecule has 0 atom stereocenters. The van der Waals surface area contributed by atoms with Gasteiger partial charge in [-0.25, -0.2) is 0 Å². The standard InChI is InChI=1S/Co.La.H2O.O/h;;1H2;. The summed E-state index contributed by atoms with van der Waals surface area (Å²) in [4.78, 5) is 0. The molecule has 0 aliphatic carbocycles. The van der Waals surface area contributed by atoms with E-state index in [1.807, 2.05) is 0 Å². The van der Waals surface area contributed by atoms with Crippen molar-refractivity contribution in [3.63, 3.8) is 0 Å². The van der Waals surface area contributed by atoms with Gasteiger partial charge in [-0.15, -0.1) is 0 Å². The first-order chi connectivity index (χ1) is 1.00. The van der Waals surface area contributed by atoms with Crippen LogP contribution in [-0.2, 0) is 18.5 Å². The van der Waals surface area contributed by atoms with Crippen molar-refractivity contribution in [1.29, 1.82) is 0 Å². The van der Waals surface area contributed by atoms with Gasteiger partial charge in [0, 0.05) is 16.8 Å². The molecule has 0 heterocycles. The molecule has 0 aliphatic heterocycles. The van der Waals surface area contributed by atoms with Crippen molar-refractivity contribution in [3.05, 3.63) is 0 Å². The maximum absolute atomic E-state index is 8.42. The molecule has 0 unspecified atom stereocenters. The zero-order valence-electron chi connectivity index (χ0n) is 1.82. The maximum atomic E-state index is 8.42. The van der Waals surface area contributed by atoms with Crippen molar-refractivity contribution in [3.8, 4) is 0 Å². The normalized spacial score (nSPS) is 1.50. The Labute approximate surface area is 57.2 Å². The first-order valence-electron chi connectivity index (χ1n) is 0.236. The van der Waals surface area contributed by atoms with Crippen molar-refractivity contribution in [2.45, 2.75) is 0 Å². The van der Waals surface area contributed by atoms with Crippen LogP contribution in [0.1, 0.15) is 0 Å². The van der Waals surface area contributed by atoms with Gasteiger partial charge in [0.15, 0.2) is 0 Å². The molecule has 0 aromatic rings. The van der Waals surface area contributed by atoms with Crippen LogP contribution in [-0.4, -0.2) is 5.48 Å². The summed E-state index contributed by atoms with van der Waals surface area (Å²) in [6, 6.07) is 0. The first-order valence-corrected chi connectivity index (χ1v) is 1.72. The van der Waals surface area contributed by atoms with E-state index in [9.17, 15) is 0 Å². The molecule has 1 radical (unpaired) electrons. The fourth-order valence-electron chi connectivity index (χ4n) is 0. The summed E-state index contributed by atoms with van der Waals surface area (Å²) < 4.78 is 8.42. The first kappa shape index (κ1) is 17.9. The van der Waals surface area contributed by atoms with E-state index in [4.69, 9.17) is 1.70 Å². The molecule has 0 spiro atoms. The summed E-state index contributed by atoms with van der Waals surface area (Å²) in [5, 5.41) is 0. The Bertz CT molecular complexity index is 6.00. The third kappa shape index (κ3) is 9.82. The zero-order chi connectivity index (χ0) is 2.00. The minimum atomic E-state index is -0.0833. The van der Waals surface area contributed by atoms with E-state index < -0.39 is 0 Å². The SMILES string of the molecule is O.[Co].[O]=[La]. The molecule has 2 N–H and O–H groups in total. The van der Waals surface area contributed by atoms with Crippen molar-refractivity contribution >= 4 is 0 Å². The van der Waals surface area contributed by atoms with Gasteiger partial charge in [0.2, 0.25) is 0 Å². The van der Waals surface area contributed by atoms with Crippen LogP contribution in [0.25, 0.3) is 0 Å². The van der Waals surface area contributed by atoms with E-state index in [2.05, 4.69) is 0 Å². The van der Waals surface area contributed by atoms with Gasteiger partial charge in [-0.3, -0.25) is 0 Å². The van der Waals surface area contributed by atoms with Gasteiger partial charge in [0.25, 0.3) is 0 Å². The van der Waals surface area contributed by atoms with Crippen LogP contribution in [0.15, 0.2) is 0 Å². The topological polar surface area (TPSA) is 48.6 Å². The van der Waals surface area contributed by atoms with E-state index in [-0.39, 0.29) is 56.1 Å². The minimum absolute atomic E-state index is 0. The van der Waals surface area contributed by atoms with E-state index in [0.717, 1.165) is 0 Å². The molecule has 0 aliphatic rings. The van der Waals surface area contributed by atoms with Gasteiger partial charge in [0.05, 0.1) is 0 Å². The number of rotatable bonds is 0. The van der Waals surface area contributed by atoms with Crippen LogP contribution in [0.2, 0.25) is 0 Å². The molecule has 0 saturated heterocycles. The average Bonchev–Trinajstić information content (AvgIpc) is 1.00. The molecule has 0 saturated carbocycles. The molecule has 26 valence electrons. The molecule has 0 fully saturated rings. The van der Waals surface area contributed by atoms with Crippen LogP contribution in [0.5, 0.6) is 0 Å². The van der Waals surface area contributed by atoms with Gasteiger partial charge in [-0.05, 0) is 0 Å². The molecular formula is H2CoLaO2. The Kier molecular flexibility index (Phi) is 112. The van der Waals surface area contributed by atoms with E-state index >= 15 is 0 Å². The second-order valence-corrected chi connectivity index (χ2v) is 0. The number of hydrogen-bond donors (Lipinski definition) is 0. The summed E-state index contributed by atoms with van der Waals surface area (Å²) in [5.41, 5.74) is 0. The van der Waals surface area contributed by atoms with Gasteiger partial charge in [-0.2, -0.15) is 0 Å². The Hall–Kier alpha value is 1.46. The third-order valence-electron chi connectivity index (χ3n) is 0. The molecular weight excluding hydrogens is 230 g/mol. The van der Waals surface area contributed by atoms with E-state index in [1.54, 1.807) is 0 Å². The molecule has 0 rings (SSSR count). The Morgan fingerprint density at radius 2 is 1.25 bits per heavy atom. The van der Waals surface area contributed by atoms with Crippen LogP contribution >= 0.6 is 0 Å². The van der Waals surface area contributed by atoms with Crippen molar-refractivity contribution in [1.82, 2.24) is 0 Å². The fourth-order valence-corrected chi connectivity index (χ4v) is 0. The van der Waals surface area contributed by atoms with Crippen molar-refractivity contribution in [2.24, 2.45) is 0 Å². The predicted molar refractivity (Wildman–Crippen MR) is 4.30 cm³/mol. The van der Waals surface area contributed by atoms with Crippen LogP contribution in [0.3, 0.4) is 0 Å². The monoisotopic (exact) mass is 232 g/mol.